The van der Waals surface area contributed by atoms with Gasteiger partial charge in [0.2, 0.25) is 0 Å². The smallest absolute Gasteiger partial charge is 0.119 e. The Morgan fingerprint density at radius 2 is 1.70 bits per heavy atom. The first-order valence-electron chi connectivity index (χ1n) is 9.36. The highest BCUT2D eigenvalue weighted by Crippen LogP contribution is 2.32. The molecular weight excluding hydrogens is 286 g/mol. The third kappa shape index (κ3) is 5.50. The highest BCUT2D eigenvalue weighted by Gasteiger charge is 2.29. The molecule has 1 heterocycles. The van der Waals surface area contributed by atoms with E-state index in [1.807, 2.05) is 24.3 Å². The van der Waals surface area contributed by atoms with Gasteiger partial charge in [0.05, 0.1) is 12.2 Å². The molecule has 130 valence electrons. The molecule has 1 atom stereocenters. The van der Waals surface area contributed by atoms with Gasteiger partial charge in [-0.1, -0.05) is 38.8 Å². The Morgan fingerprint density at radius 3 is 2.30 bits per heavy atom. The average molecular weight is 319 g/mol. The summed E-state index contributed by atoms with van der Waals surface area (Å²) < 4.78 is 5.65. The second-order valence-corrected chi connectivity index (χ2v) is 6.81. The van der Waals surface area contributed by atoms with E-state index in [2.05, 4.69) is 18.7 Å². The van der Waals surface area contributed by atoms with Crippen LogP contribution in [0.3, 0.4) is 0 Å². The number of benzene rings is 1. The fourth-order valence-electron chi connectivity index (χ4n) is 3.43. The predicted molar refractivity (Wildman–Crippen MR) is 95.9 cm³/mol. The Bertz CT molecular complexity index is 439. The normalized spacial score (nSPS) is 18.6. The lowest BCUT2D eigenvalue weighted by Gasteiger charge is -2.33. The van der Waals surface area contributed by atoms with Crippen LogP contribution in [0, 0.1) is 0 Å². The van der Waals surface area contributed by atoms with Gasteiger partial charge in [0, 0.05) is 6.54 Å². The first kappa shape index (κ1) is 18.3. The van der Waals surface area contributed by atoms with E-state index in [0.717, 1.165) is 50.1 Å². The lowest BCUT2D eigenvalue weighted by atomic mass is 9.86. The quantitative estimate of drug-likeness (QED) is 0.735. The second-order valence-electron chi connectivity index (χ2n) is 6.81. The lowest BCUT2D eigenvalue weighted by Crippen LogP contribution is -2.36. The van der Waals surface area contributed by atoms with Gasteiger partial charge >= 0.3 is 0 Å². The fraction of sp³-hybridized carbons (Fsp3) is 0.700. The van der Waals surface area contributed by atoms with E-state index in [1.54, 1.807) is 0 Å². The van der Waals surface area contributed by atoms with Crippen molar-refractivity contribution >= 4 is 0 Å². The van der Waals surface area contributed by atoms with Crippen molar-refractivity contribution < 1.29 is 9.84 Å². The van der Waals surface area contributed by atoms with Crippen LogP contribution in [0.5, 0.6) is 5.75 Å². The molecule has 2 rings (SSSR count). The number of nitrogens with zero attached hydrogens (tertiary/aromatic N) is 1. The molecule has 1 fully saturated rings. The molecule has 1 aromatic carbocycles. The number of likely N-dealkylation sites (tertiary alicyclic amines) is 1. The summed E-state index contributed by atoms with van der Waals surface area (Å²) in [7, 11) is 0. The standard InChI is InChI=1S/C20H33NO2/c1-3-12-20(22,13-16-21-14-6-5-7-15-21)18-8-10-19(11-9-18)23-17-4-2/h8-11,22H,3-7,12-17H2,1-2H3/t20-/m1/s1. The number of ether oxygens (including phenoxy) is 1. The summed E-state index contributed by atoms with van der Waals surface area (Å²) in [4.78, 5) is 2.50. The molecule has 0 aromatic heterocycles. The minimum absolute atomic E-state index is 0.713. The zero-order valence-electron chi connectivity index (χ0n) is 14.9. The largest absolute Gasteiger partial charge is 0.494 e. The van der Waals surface area contributed by atoms with Gasteiger partial charge in [-0.15, -0.1) is 0 Å². The second kappa shape index (κ2) is 9.29. The van der Waals surface area contributed by atoms with E-state index < -0.39 is 5.60 Å². The molecule has 0 saturated carbocycles. The molecule has 3 nitrogen and oxygen atoms in total. The molecule has 1 aliphatic rings. The van der Waals surface area contributed by atoms with E-state index >= 15 is 0 Å². The van der Waals surface area contributed by atoms with E-state index in [1.165, 1.54) is 32.4 Å². The van der Waals surface area contributed by atoms with Crippen molar-refractivity contribution in [2.45, 2.75) is 64.4 Å². The van der Waals surface area contributed by atoms with E-state index in [4.69, 9.17) is 4.74 Å². The maximum absolute atomic E-state index is 11.2. The molecule has 3 heteroatoms. The number of aliphatic hydroxyl groups is 1. The maximum atomic E-state index is 11.2. The first-order chi connectivity index (χ1) is 11.2. The van der Waals surface area contributed by atoms with Crippen LogP contribution in [0.25, 0.3) is 0 Å². The molecule has 0 amide bonds. The Kier molecular flexibility index (Phi) is 7.38. The number of piperidine rings is 1. The van der Waals surface area contributed by atoms with Gasteiger partial charge in [-0.3, -0.25) is 0 Å². The third-order valence-corrected chi connectivity index (χ3v) is 4.82. The van der Waals surface area contributed by atoms with Crippen LogP contribution in [0.1, 0.15) is 64.4 Å². The molecular formula is C20H33NO2. The van der Waals surface area contributed by atoms with Gasteiger partial charge in [-0.2, -0.15) is 0 Å². The van der Waals surface area contributed by atoms with Crippen LogP contribution in [0.4, 0.5) is 0 Å². The van der Waals surface area contributed by atoms with Crippen molar-refractivity contribution in [2.24, 2.45) is 0 Å². The predicted octanol–water partition coefficient (Wildman–Crippen LogP) is 4.34. The topological polar surface area (TPSA) is 32.7 Å². The van der Waals surface area contributed by atoms with Crippen molar-refractivity contribution in [3.05, 3.63) is 29.8 Å². The van der Waals surface area contributed by atoms with Gasteiger partial charge in [0.25, 0.3) is 0 Å². The third-order valence-electron chi connectivity index (χ3n) is 4.82. The van der Waals surface area contributed by atoms with Crippen molar-refractivity contribution in [3.8, 4) is 5.75 Å². The first-order valence-corrected chi connectivity index (χ1v) is 9.36. The number of hydrogen-bond donors (Lipinski definition) is 1. The summed E-state index contributed by atoms with van der Waals surface area (Å²) in [6, 6.07) is 8.06. The molecule has 1 saturated heterocycles. The Morgan fingerprint density at radius 1 is 1.00 bits per heavy atom. The van der Waals surface area contributed by atoms with Gasteiger partial charge in [-0.25, -0.2) is 0 Å². The average Bonchev–Trinajstić information content (AvgIpc) is 2.60. The SMILES string of the molecule is CCCOc1ccc([C@@](O)(CCC)CCN2CCCCC2)cc1. The molecule has 1 aliphatic heterocycles. The van der Waals surface area contributed by atoms with Gasteiger partial charge in [0.15, 0.2) is 0 Å². The van der Waals surface area contributed by atoms with E-state index in [0.29, 0.717) is 0 Å². The molecule has 0 bridgehead atoms. The van der Waals surface area contributed by atoms with E-state index in [9.17, 15) is 5.11 Å². The fourth-order valence-corrected chi connectivity index (χ4v) is 3.43. The van der Waals surface area contributed by atoms with E-state index in [-0.39, 0.29) is 0 Å². The highest BCUT2D eigenvalue weighted by molar-refractivity contribution is 5.31. The molecule has 0 radical (unpaired) electrons. The van der Waals surface area contributed by atoms with Gasteiger partial charge < -0.3 is 14.7 Å². The summed E-state index contributed by atoms with van der Waals surface area (Å²) in [5, 5.41) is 11.2. The summed E-state index contributed by atoms with van der Waals surface area (Å²) in [6.07, 6.45) is 7.59. The van der Waals surface area contributed by atoms with Crippen molar-refractivity contribution in [3.63, 3.8) is 0 Å². The zero-order valence-corrected chi connectivity index (χ0v) is 14.9. The number of rotatable bonds is 9. The summed E-state index contributed by atoms with van der Waals surface area (Å²) in [5.41, 5.74) is 0.315. The molecule has 23 heavy (non-hydrogen) atoms. The molecule has 0 spiro atoms. The van der Waals surface area contributed by atoms with Crippen LogP contribution in [-0.4, -0.2) is 36.2 Å². The molecule has 1 N–H and O–H groups in total. The highest BCUT2D eigenvalue weighted by atomic mass is 16.5. The Labute approximate surface area is 141 Å². The maximum Gasteiger partial charge on any atom is 0.119 e. The van der Waals surface area contributed by atoms with Crippen LogP contribution >= 0.6 is 0 Å². The van der Waals surface area contributed by atoms with Crippen LogP contribution in [0.2, 0.25) is 0 Å². The van der Waals surface area contributed by atoms with Crippen LogP contribution in [0.15, 0.2) is 24.3 Å². The summed E-state index contributed by atoms with van der Waals surface area (Å²) in [5.74, 6) is 0.894. The van der Waals surface area contributed by atoms with Gasteiger partial charge in [-0.05, 0) is 62.9 Å². The van der Waals surface area contributed by atoms with Crippen LogP contribution in [-0.2, 0) is 5.60 Å². The van der Waals surface area contributed by atoms with Gasteiger partial charge in [0.1, 0.15) is 5.75 Å². The lowest BCUT2D eigenvalue weighted by molar-refractivity contribution is 0.00642. The van der Waals surface area contributed by atoms with Crippen molar-refractivity contribution in [1.82, 2.24) is 4.90 Å². The van der Waals surface area contributed by atoms with Crippen LogP contribution < -0.4 is 4.74 Å². The summed E-state index contributed by atoms with van der Waals surface area (Å²) in [6.45, 7) is 8.36. The van der Waals surface area contributed by atoms with Crippen molar-refractivity contribution in [2.75, 3.05) is 26.2 Å². The molecule has 0 unspecified atom stereocenters. The minimum atomic E-state index is -0.713. The molecule has 1 aromatic rings. The van der Waals surface area contributed by atoms with Crippen molar-refractivity contribution in [1.29, 1.82) is 0 Å². The summed E-state index contributed by atoms with van der Waals surface area (Å²) >= 11 is 0. The Balaban J connectivity index is 1.99. The molecule has 0 aliphatic carbocycles. The number of hydrogen-bond acceptors (Lipinski definition) is 3. The minimum Gasteiger partial charge on any atom is -0.494 e. The monoisotopic (exact) mass is 319 g/mol. The Hall–Kier alpha value is -1.06. The zero-order chi connectivity index (χ0) is 16.5.